The Bertz CT molecular complexity index is 1070. The summed E-state index contributed by atoms with van der Waals surface area (Å²) in [5.41, 5.74) is -0.247. The molecule has 9 heteroatoms. The van der Waals surface area contributed by atoms with Gasteiger partial charge in [0.1, 0.15) is 11.6 Å². The molecule has 1 heterocycles. The van der Waals surface area contributed by atoms with Crippen molar-refractivity contribution in [1.82, 2.24) is 9.80 Å². The number of nitrogens with zero attached hydrogens (tertiary/aromatic N) is 3. The molecule has 0 saturated carbocycles. The predicted octanol–water partition coefficient (Wildman–Crippen LogP) is 3.83. The first-order chi connectivity index (χ1) is 15.2. The van der Waals surface area contributed by atoms with Gasteiger partial charge in [0.05, 0.1) is 28.9 Å². The zero-order valence-electron chi connectivity index (χ0n) is 18.1. The third-order valence-corrected chi connectivity index (χ3v) is 5.67. The lowest BCUT2D eigenvalue weighted by molar-refractivity contribution is -0.127. The summed E-state index contributed by atoms with van der Waals surface area (Å²) in [5.74, 6) is -2.03. The minimum atomic E-state index is -0.824. The highest BCUT2D eigenvalue weighted by Gasteiger charge is 2.30. The summed E-state index contributed by atoms with van der Waals surface area (Å²) in [6, 6.07) is 5.49. The van der Waals surface area contributed by atoms with E-state index in [1.165, 1.54) is 47.3 Å². The van der Waals surface area contributed by atoms with Gasteiger partial charge < -0.3 is 19.4 Å². The average molecular weight is 464 g/mol. The van der Waals surface area contributed by atoms with Crippen molar-refractivity contribution in [2.24, 2.45) is 0 Å². The molecule has 3 rings (SSSR count). The molecular weight excluding hydrogens is 440 g/mol. The van der Waals surface area contributed by atoms with E-state index >= 15 is 4.39 Å². The van der Waals surface area contributed by atoms with Crippen molar-refractivity contribution in [1.29, 1.82) is 0 Å². The highest BCUT2D eigenvalue weighted by atomic mass is 35.5. The number of hydrogen-bond acceptors (Lipinski definition) is 4. The van der Waals surface area contributed by atoms with Crippen molar-refractivity contribution in [3.05, 3.63) is 59.1 Å². The van der Waals surface area contributed by atoms with Crippen LogP contribution in [0.15, 0.2) is 36.9 Å². The van der Waals surface area contributed by atoms with Crippen LogP contribution in [0, 0.1) is 11.6 Å². The molecule has 2 aromatic carbocycles. The van der Waals surface area contributed by atoms with Crippen LogP contribution in [0.4, 0.5) is 14.5 Å². The maximum absolute atomic E-state index is 15.8. The standard InChI is InChI=1S/C23H24ClF2N3O3/c1-5-18(30)28-9-11-29(12-10-28)23(31)14-13-15(24)19(21(26)22(14)27(2)3)20-16(25)7-6-8-17(20)32-4/h5-8,13H,1,9-12H2,2-4H3. The molecule has 0 N–H and O–H groups in total. The number of halogens is 3. The van der Waals surface area contributed by atoms with Gasteiger partial charge in [0.2, 0.25) is 5.91 Å². The Morgan fingerprint density at radius 2 is 1.75 bits per heavy atom. The molecule has 1 aliphatic rings. The molecule has 1 aliphatic heterocycles. The minimum Gasteiger partial charge on any atom is -0.496 e. The van der Waals surface area contributed by atoms with Gasteiger partial charge in [0.25, 0.3) is 5.91 Å². The molecule has 0 aromatic heterocycles. The van der Waals surface area contributed by atoms with Crippen LogP contribution in [-0.2, 0) is 4.79 Å². The van der Waals surface area contributed by atoms with Crippen molar-refractivity contribution in [3.63, 3.8) is 0 Å². The largest absolute Gasteiger partial charge is 0.496 e. The fourth-order valence-electron chi connectivity index (χ4n) is 3.78. The number of anilines is 1. The first-order valence-electron chi connectivity index (χ1n) is 9.94. The minimum absolute atomic E-state index is 0.00990. The summed E-state index contributed by atoms with van der Waals surface area (Å²) in [7, 11) is 4.53. The van der Waals surface area contributed by atoms with E-state index in [2.05, 4.69) is 6.58 Å². The maximum atomic E-state index is 15.8. The first kappa shape index (κ1) is 23.5. The van der Waals surface area contributed by atoms with Crippen LogP contribution in [-0.4, -0.2) is 69.0 Å². The average Bonchev–Trinajstić information content (AvgIpc) is 2.78. The van der Waals surface area contributed by atoms with Crippen molar-refractivity contribution in [2.45, 2.75) is 0 Å². The second kappa shape index (κ2) is 9.56. The van der Waals surface area contributed by atoms with Gasteiger partial charge in [-0.3, -0.25) is 9.59 Å². The van der Waals surface area contributed by atoms with Crippen molar-refractivity contribution in [2.75, 3.05) is 52.3 Å². The summed E-state index contributed by atoms with van der Waals surface area (Å²) >= 11 is 6.40. The fraction of sp³-hybridized carbons (Fsp3) is 0.304. The van der Waals surface area contributed by atoms with Gasteiger partial charge in [-0.25, -0.2) is 8.78 Å². The Morgan fingerprint density at radius 3 is 2.31 bits per heavy atom. The monoisotopic (exact) mass is 463 g/mol. The number of carbonyl (C=O) groups excluding carboxylic acids is 2. The molecule has 0 bridgehead atoms. The van der Waals surface area contributed by atoms with E-state index in [-0.39, 0.29) is 52.1 Å². The van der Waals surface area contributed by atoms with Crippen LogP contribution in [0.1, 0.15) is 10.4 Å². The van der Waals surface area contributed by atoms with Gasteiger partial charge in [-0.1, -0.05) is 24.2 Å². The van der Waals surface area contributed by atoms with Gasteiger partial charge in [-0.2, -0.15) is 0 Å². The van der Waals surface area contributed by atoms with Crippen LogP contribution in [0.2, 0.25) is 5.02 Å². The van der Waals surface area contributed by atoms with Crippen molar-refractivity contribution >= 4 is 29.1 Å². The van der Waals surface area contributed by atoms with Gasteiger partial charge in [0.15, 0.2) is 5.82 Å². The first-order valence-corrected chi connectivity index (χ1v) is 10.3. The number of benzene rings is 2. The van der Waals surface area contributed by atoms with Gasteiger partial charge in [-0.15, -0.1) is 0 Å². The Hall–Kier alpha value is -3.13. The maximum Gasteiger partial charge on any atom is 0.256 e. The molecule has 32 heavy (non-hydrogen) atoms. The summed E-state index contributed by atoms with van der Waals surface area (Å²) < 4.78 is 35.7. The Morgan fingerprint density at radius 1 is 1.12 bits per heavy atom. The number of carbonyl (C=O) groups is 2. The van der Waals surface area contributed by atoms with E-state index in [0.717, 1.165) is 0 Å². The molecule has 0 radical (unpaired) electrons. The summed E-state index contributed by atoms with van der Waals surface area (Å²) in [5, 5.41) is -0.111. The lowest BCUT2D eigenvalue weighted by atomic mass is 9.98. The van der Waals surface area contributed by atoms with Gasteiger partial charge in [-0.05, 0) is 24.3 Å². The van der Waals surface area contributed by atoms with E-state index in [1.54, 1.807) is 19.0 Å². The number of piperazine rings is 1. The highest BCUT2D eigenvalue weighted by Crippen LogP contribution is 2.43. The molecule has 0 aliphatic carbocycles. The zero-order chi connectivity index (χ0) is 23.6. The normalized spacial score (nSPS) is 13.7. The molecule has 0 spiro atoms. The molecule has 0 atom stereocenters. The van der Waals surface area contributed by atoms with E-state index in [1.807, 2.05) is 0 Å². The number of methoxy groups -OCH3 is 1. The molecule has 2 amide bonds. The molecule has 6 nitrogen and oxygen atoms in total. The SMILES string of the molecule is C=CC(=O)N1CCN(C(=O)c2cc(Cl)c(-c3c(F)cccc3OC)c(F)c2N(C)C)CC1. The van der Waals surface area contributed by atoms with Crippen LogP contribution in [0.25, 0.3) is 11.1 Å². The van der Waals surface area contributed by atoms with E-state index in [9.17, 15) is 14.0 Å². The zero-order valence-corrected chi connectivity index (χ0v) is 18.9. The van der Waals surface area contributed by atoms with Crippen molar-refractivity contribution < 1.29 is 23.1 Å². The Kier molecular flexibility index (Phi) is 7.03. The van der Waals surface area contributed by atoms with E-state index in [4.69, 9.17) is 16.3 Å². The lowest BCUT2D eigenvalue weighted by Gasteiger charge is -2.35. The van der Waals surface area contributed by atoms with Crippen LogP contribution in [0.3, 0.4) is 0 Å². The van der Waals surface area contributed by atoms with Crippen LogP contribution >= 0.6 is 11.6 Å². The molecule has 1 fully saturated rings. The van der Waals surface area contributed by atoms with E-state index < -0.39 is 17.5 Å². The quantitative estimate of drug-likeness (QED) is 0.632. The van der Waals surface area contributed by atoms with Crippen LogP contribution in [0.5, 0.6) is 5.75 Å². The lowest BCUT2D eigenvalue weighted by Crippen LogP contribution is -2.50. The third kappa shape index (κ3) is 4.27. The number of ether oxygens (including phenoxy) is 1. The number of amides is 2. The molecule has 1 saturated heterocycles. The summed E-state index contributed by atoms with van der Waals surface area (Å²) in [6.45, 7) is 4.72. The van der Waals surface area contributed by atoms with Crippen LogP contribution < -0.4 is 9.64 Å². The summed E-state index contributed by atoms with van der Waals surface area (Å²) in [4.78, 5) is 29.6. The van der Waals surface area contributed by atoms with E-state index in [0.29, 0.717) is 13.1 Å². The second-order valence-electron chi connectivity index (χ2n) is 7.48. The molecular formula is C23H24ClF2N3O3. The molecule has 2 aromatic rings. The topological polar surface area (TPSA) is 53.1 Å². The smallest absolute Gasteiger partial charge is 0.256 e. The Balaban J connectivity index is 2.06. The summed E-state index contributed by atoms with van der Waals surface area (Å²) in [6.07, 6.45) is 1.23. The Labute approximate surface area is 190 Å². The third-order valence-electron chi connectivity index (χ3n) is 5.37. The number of hydrogen-bond donors (Lipinski definition) is 0. The molecule has 0 unspecified atom stereocenters. The molecule has 170 valence electrons. The second-order valence-corrected chi connectivity index (χ2v) is 7.88. The predicted molar refractivity (Wildman–Crippen MR) is 120 cm³/mol. The highest BCUT2D eigenvalue weighted by molar-refractivity contribution is 6.34. The van der Waals surface area contributed by atoms with Crippen molar-refractivity contribution in [3.8, 4) is 16.9 Å². The van der Waals surface area contributed by atoms with Gasteiger partial charge >= 0.3 is 0 Å². The number of rotatable bonds is 5. The fourth-order valence-corrected chi connectivity index (χ4v) is 4.07. The van der Waals surface area contributed by atoms with Gasteiger partial charge in [0, 0.05) is 45.8 Å².